The van der Waals surface area contributed by atoms with E-state index in [0.29, 0.717) is 32.1 Å². The third-order valence-corrected chi connectivity index (χ3v) is 6.96. The second kappa shape index (κ2) is 9.87. The molecule has 1 saturated heterocycles. The molecule has 1 fully saturated rings. The molecule has 3 heterocycles. The Morgan fingerprint density at radius 1 is 1.29 bits per heavy atom. The molecule has 1 aromatic carbocycles. The summed E-state index contributed by atoms with van der Waals surface area (Å²) in [4.78, 5) is 59.6. The number of aromatic nitrogens is 2. The second-order valence-electron chi connectivity index (χ2n) is 8.06. The number of aromatic amines is 1. The van der Waals surface area contributed by atoms with Gasteiger partial charge in [-0.3, -0.25) is 14.4 Å². The fraction of sp³-hybridized carbons (Fsp3) is 0.375. The minimum Gasteiger partial charge on any atom is -0.495 e. The number of rotatable bonds is 7. The smallest absolute Gasteiger partial charge is 0.348 e. The topological polar surface area (TPSA) is 128 Å². The molecular formula is C24H25N3O7S. The largest absolute Gasteiger partial charge is 0.495 e. The maximum Gasteiger partial charge on any atom is 0.348 e. The van der Waals surface area contributed by atoms with Gasteiger partial charge in [0.05, 0.1) is 30.7 Å². The zero-order valence-electron chi connectivity index (χ0n) is 19.7. The normalized spacial score (nSPS) is 16.4. The number of anilines is 1. The van der Waals surface area contributed by atoms with Crippen LogP contribution in [0.2, 0.25) is 0 Å². The number of hydrogen-bond donors (Lipinski definition) is 1. The Hall–Kier alpha value is -3.73. The van der Waals surface area contributed by atoms with E-state index in [4.69, 9.17) is 14.2 Å². The number of hydrogen-bond acceptors (Lipinski definition) is 9. The molecule has 4 rings (SSSR count). The molecule has 0 aliphatic carbocycles. The van der Waals surface area contributed by atoms with Crippen LogP contribution in [-0.2, 0) is 19.1 Å². The molecule has 3 aromatic rings. The van der Waals surface area contributed by atoms with Crippen LogP contribution in [0.5, 0.6) is 5.75 Å². The first kappa shape index (κ1) is 24.4. The molecule has 10 nitrogen and oxygen atoms in total. The van der Waals surface area contributed by atoms with Crippen molar-refractivity contribution >= 4 is 45.1 Å². The van der Waals surface area contributed by atoms with Gasteiger partial charge >= 0.3 is 11.9 Å². The molecule has 1 amide bonds. The van der Waals surface area contributed by atoms with Gasteiger partial charge in [-0.15, -0.1) is 11.3 Å². The van der Waals surface area contributed by atoms with E-state index in [-0.39, 0.29) is 31.3 Å². The van der Waals surface area contributed by atoms with E-state index in [1.807, 2.05) is 0 Å². The SMILES string of the molecule is CCOC(=O)c1sc2nc([C@H](C)OC(=O)[C@H]3CC(=O)N(c4ccccc4OC)C3)[nH]c(=O)c2c1C. The summed E-state index contributed by atoms with van der Waals surface area (Å²) in [6.45, 7) is 5.32. The van der Waals surface area contributed by atoms with Crippen LogP contribution < -0.4 is 15.2 Å². The van der Waals surface area contributed by atoms with Crippen molar-refractivity contribution in [2.75, 3.05) is 25.2 Å². The van der Waals surface area contributed by atoms with Crippen molar-refractivity contribution in [3.63, 3.8) is 0 Å². The highest BCUT2D eigenvalue weighted by atomic mass is 32.1. The minimum atomic E-state index is -0.872. The molecule has 0 radical (unpaired) electrons. The molecule has 184 valence electrons. The molecule has 0 bridgehead atoms. The van der Waals surface area contributed by atoms with Gasteiger partial charge in [-0.05, 0) is 38.5 Å². The van der Waals surface area contributed by atoms with Gasteiger partial charge in [0, 0.05) is 13.0 Å². The van der Waals surface area contributed by atoms with E-state index in [9.17, 15) is 19.2 Å². The van der Waals surface area contributed by atoms with Crippen LogP contribution in [-0.4, -0.2) is 48.1 Å². The highest BCUT2D eigenvalue weighted by Gasteiger charge is 2.38. The maximum absolute atomic E-state index is 12.9. The zero-order valence-corrected chi connectivity index (χ0v) is 20.6. The molecule has 1 aliphatic heterocycles. The first-order valence-electron chi connectivity index (χ1n) is 11.1. The molecule has 1 N–H and O–H groups in total. The van der Waals surface area contributed by atoms with Gasteiger partial charge < -0.3 is 24.1 Å². The molecule has 2 aromatic heterocycles. The number of carbonyl (C=O) groups excluding carboxylic acids is 3. The fourth-order valence-electron chi connectivity index (χ4n) is 4.02. The molecule has 1 aliphatic rings. The zero-order chi connectivity index (χ0) is 25.3. The Bertz CT molecular complexity index is 1360. The van der Waals surface area contributed by atoms with E-state index in [1.54, 1.807) is 45.0 Å². The third-order valence-electron chi connectivity index (χ3n) is 5.79. The van der Waals surface area contributed by atoms with E-state index in [0.717, 1.165) is 11.3 Å². The standard InChI is InChI=1S/C24H25N3O7S/c1-5-33-24(31)19-12(2)18-21(29)25-20(26-22(18)35-19)13(3)34-23(30)14-10-17(28)27(11-14)15-8-6-7-9-16(15)32-4/h6-9,13-14H,5,10-11H2,1-4H3,(H,25,26,29)/t13-,14-/m0/s1. The number of benzene rings is 1. The van der Waals surface area contributed by atoms with Crippen molar-refractivity contribution in [1.82, 2.24) is 9.97 Å². The van der Waals surface area contributed by atoms with E-state index in [2.05, 4.69) is 9.97 Å². The number of nitrogens with zero attached hydrogens (tertiary/aromatic N) is 2. The summed E-state index contributed by atoms with van der Waals surface area (Å²) < 4.78 is 15.9. The lowest BCUT2D eigenvalue weighted by Gasteiger charge is -2.19. The maximum atomic E-state index is 12.9. The van der Waals surface area contributed by atoms with E-state index >= 15 is 0 Å². The number of amides is 1. The van der Waals surface area contributed by atoms with Gasteiger partial charge in [0.15, 0.2) is 11.9 Å². The van der Waals surface area contributed by atoms with Crippen LogP contribution >= 0.6 is 11.3 Å². The highest BCUT2D eigenvalue weighted by Crippen LogP contribution is 2.34. The molecule has 11 heteroatoms. The van der Waals surface area contributed by atoms with Crippen molar-refractivity contribution in [1.29, 1.82) is 0 Å². The minimum absolute atomic E-state index is 0.000392. The second-order valence-corrected chi connectivity index (χ2v) is 9.06. The van der Waals surface area contributed by atoms with E-state index in [1.165, 1.54) is 12.0 Å². The molecule has 0 unspecified atom stereocenters. The predicted molar refractivity (Wildman–Crippen MR) is 129 cm³/mol. The first-order valence-corrected chi connectivity index (χ1v) is 11.9. The van der Waals surface area contributed by atoms with Crippen LogP contribution in [0, 0.1) is 12.8 Å². The van der Waals surface area contributed by atoms with Crippen LogP contribution in [0.3, 0.4) is 0 Å². The van der Waals surface area contributed by atoms with Crippen LogP contribution in [0.15, 0.2) is 29.1 Å². The van der Waals surface area contributed by atoms with Gasteiger partial charge in [0.2, 0.25) is 5.91 Å². The van der Waals surface area contributed by atoms with Crippen molar-refractivity contribution in [2.45, 2.75) is 33.3 Å². The van der Waals surface area contributed by atoms with Crippen molar-refractivity contribution in [3.8, 4) is 5.75 Å². The number of para-hydroxylation sites is 2. The molecule has 0 spiro atoms. The van der Waals surface area contributed by atoms with Crippen LogP contribution in [0.25, 0.3) is 10.2 Å². The number of methoxy groups -OCH3 is 1. The third kappa shape index (κ3) is 4.63. The summed E-state index contributed by atoms with van der Waals surface area (Å²) in [7, 11) is 1.52. The Labute approximate surface area is 204 Å². The lowest BCUT2D eigenvalue weighted by atomic mass is 10.1. The average molecular weight is 500 g/mol. The van der Waals surface area contributed by atoms with Crippen LogP contribution in [0.1, 0.15) is 47.4 Å². The summed E-state index contributed by atoms with van der Waals surface area (Å²) >= 11 is 1.05. The summed E-state index contributed by atoms with van der Waals surface area (Å²) in [5.74, 6) is -1.29. The average Bonchev–Trinajstić information content (AvgIpc) is 3.39. The van der Waals surface area contributed by atoms with Gasteiger partial charge in [-0.2, -0.15) is 0 Å². The first-order chi connectivity index (χ1) is 16.7. The quantitative estimate of drug-likeness (QED) is 0.491. The lowest BCUT2D eigenvalue weighted by molar-refractivity contribution is -0.153. The number of thiophene rings is 1. The summed E-state index contributed by atoms with van der Waals surface area (Å²) in [5, 5.41) is 0.300. The number of H-pyrrole nitrogens is 1. The van der Waals surface area contributed by atoms with Gasteiger partial charge in [0.1, 0.15) is 15.5 Å². The number of aryl methyl sites for hydroxylation is 1. The predicted octanol–water partition coefficient (Wildman–Crippen LogP) is 3.14. The van der Waals surface area contributed by atoms with Crippen molar-refractivity contribution in [3.05, 3.63) is 50.9 Å². The summed E-state index contributed by atoms with van der Waals surface area (Å²) in [6.07, 6.45) is -0.872. The Morgan fingerprint density at radius 3 is 2.74 bits per heavy atom. The summed E-state index contributed by atoms with van der Waals surface area (Å²) in [6, 6.07) is 7.08. The van der Waals surface area contributed by atoms with E-state index < -0.39 is 29.5 Å². The van der Waals surface area contributed by atoms with Crippen molar-refractivity contribution < 1.29 is 28.6 Å². The fourth-order valence-corrected chi connectivity index (χ4v) is 5.10. The van der Waals surface area contributed by atoms with Crippen LogP contribution in [0.4, 0.5) is 5.69 Å². The monoisotopic (exact) mass is 499 g/mol. The Morgan fingerprint density at radius 2 is 2.03 bits per heavy atom. The molecular weight excluding hydrogens is 474 g/mol. The Balaban J connectivity index is 1.51. The number of nitrogens with one attached hydrogen (secondary N) is 1. The Kier molecular flexibility index (Phi) is 6.88. The lowest BCUT2D eigenvalue weighted by Crippen LogP contribution is -2.27. The summed E-state index contributed by atoms with van der Waals surface area (Å²) in [5.41, 5.74) is 0.648. The number of ether oxygens (including phenoxy) is 3. The highest BCUT2D eigenvalue weighted by molar-refractivity contribution is 7.20. The molecule has 0 saturated carbocycles. The molecule has 35 heavy (non-hydrogen) atoms. The van der Waals surface area contributed by atoms with Gasteiger partial charge in [0.25, 0.3) is 5.56 Å². The van der Waals surface area contributed by atoms with Gasteiger partial charge in [-0.25, -0.2) is 9.78 Å². The molecule has 2 atom stereocenters. The number of carbonyl (C=O) groups is 3. The number of fused-ring (bicyclic) bond motifs is 1. The number of esters is 2. The van der Waals surface area contributed by atoms with Gasteiger partial charge in [-0.1, -0.05) is 12.1 Å². The van der Waals surface area contributed by atoms with Crippen molar-refractivity contribution in [2.24, 2.45) is 5.92 Å².